The second-order valence-electron chi connectivity index (χ2n) is 4.59. The number of aliphatic imine (C=N–C) groups is 1. The maximum Gasteiger partial charge on any atom is 0.143 e. The summed E-state index contributed by atoms with van der Waals surface area (Å²) in [6, 6.07) is 15.3. The molecule has 0 fully saturated rings. The first-order chi connectivity index (χ1) is 9.22. The maximum absolute atomic E-state index is 12.0. The maximum atomic E-state index is 12.0. The molecule has 0 unspecified atom stereocenters. The number of ketones is 1. The largest absolute Gasteiger partial charge is 0.299 e. The van der Waals surface area contributed by atoms with Crippen molar-refractivity contribution in [1.82, 2.24) is 0 Å². The second-order valence-corrected chi connectivity index (χ2v) is 5.03. The Kier molecular flexibility index (Phi) is 3.18. The number of carbonyl (C=O) groups excluding carboxylic acids is 1. The van der Waals surface area contributed by atoms with Crippen LogP contribution in [0.2, 0.25) is 5.02 Å². The fraction of sp³-hybridized carbons (Fsp3) is 0.125. The van der Waals surface area contributed by atoms with Crippen molar-refractivity contribution >= 4 is 28.8 Å². The number of hydrogen-bond donors (Lipinski definition) is 0. The van der Waals surface area contributed by atoms with Gasteiger partial charge in [-0.3, -0.25) is 9.79 Å². The average Bonchev–Trinajstić information content (AvgIpc) is 2.56. The van der Waals surface area contributed by atoms with Gasteiger partial charge in [0.15, 0.2) is 0 Å². The van der Waals surface area contributed by atoms with Crippen molar-refractivity contribution in [3.8, 4) is 0 Å². The molecule has 0 saturated heterocycles. The number of rotatable bonds is 1. The first-order valence-electron chi connectivity index (χ1n) is 6.15. The molecule has 94 valence electrons. The van der Waals surface area contributed by atoms with Crippen LogP contribution in [0, 0.1) is 0 Å². The summed E-state index contributed by atoms with van der Waals surface area (Å²) >= 11 is 6.00. The summed E-state index contributed by atoms with van der Waals surface area (Å²) < 4.78 is 0. The van der Waals surface area contributed by atoms with E-state index in [9.17, 15) is 4.79 Å². The Balaban J connectivity index is 2.11. The van der Waals surface area contributed by atoms with E-state index in [1.807, 2.05) is 48.5 Å². The molecule has 0 aromatic heterocycles. The average molecular weight is 270 g/mol. The molecule has 2 aromatic carbocycles. The zero-order chi connectivity index (χ0) is 13.2. The van der Waals surface area contributed by atoms with Gasteiger partial charge in [-0.15, -0.1) is 0 Å². The van der Waals surface area contributed by atoms with Crippen molar-refractivity contribution in [2.75, 3.05) is 0 Å². The van der Waals surface area contributed by atoms with E-state index < -0.39 is 0 Å². The Hall–Kier alpha value is -1.93. The Bertz CT molecular complexity index is 676. The molecule has 0 bridgehead atoms. The molecule has 0 saturated carbocycles. The molecule has 0 radical (unpaired) electrons. The fourth-order valence-electron chi connectivity index (χ4n) is 2.25. The molecule has 3 heteroatoms. The quantitative estimate of drug-likeness (QED) is 0.770. The van der Waals surface area contributed by atoms with E-state index in [2.05, 4.69) is 4.99 Å². The minimum absolute atomic E-state index is 0.184. The number of halogens is 1. The van der Waals surface area contributed by atoms with Crippen molar-refractivity contribution in [3.05, 3.63) is 64.7 Å². The van der Waals surface area contributed by atoms with Crippen molar-refractivity contribution in [2.45, 2.75) is 12.8 Å². The zero-order valence-corrected chi connectivity index (χ0v) is 11.0. The zero-order valence-electron chi connectivity index (χ0n) is 10.3. The van der Waals surface area contributed by atoms with E-state index in [0.29, 0.717) is 17.9 Å². The molecule has 1 heterocycles. The monoisotopic (exact) mass is 269 g/mol. The molecule has 0 spiro atoms. The third kappa shape index (κ3) is 2.59. The number of para-hydroxylation sites is 1. The van der Waals surface area contributed by atoms with Crippen LogP contribution in [0.3, 0.4) is 0 Å². The van der Waals surface area contributed by atoms with Gasteiger partial charge in [0.25, 0.3) is 0 Å². The fourth-order valence-corrected chi connectivity index (χ4v) is 2.44. The Morgan fingerprint density at radius 1 is 1.00 bits per heavy atom. The van der Waals surface area contributed by atoms with E-state index in [0.717, 1.165) is 22.5 Å². The van der Waals surface area contributed by atoms with E-state index in [1.54, 1.807) is 0 Å². The van der Waals surface area contributed by atoms with Gasteiger partial charge in [0.05, 0.1) is 11.4 Å². The topological polar surface area (TPSA) is 29.4 Å². The number of fused-ring (bicyclic) bond motifs is 1. The van der Waals surface area contributed by atoms with Crippen LogP contribution < -0.4 is 0 Å². The van der Waals surface area contributed by atoms with Crippen LogP contribution in [0.1, 0.15) is 17.5 Å². The lowest BCUT2D eigenvalue weighted by atomic mass is 10.0. The van der Waals surface area contributed by atoms with Crippen LogP contribution in [0.25, 0.3) is 0 Å². The SMILES string of the molecule is O=C1CC(c2cccc(Cl)c2)=Nc2ccccc2C1. The standard InChI is InChI=1S/C16H12ClNO/c17-13-6-3-5-11(8-13)16-10-14(19)9-12-4-1-2-7-15(12)18-16/h1-8H,9-10H2. The lowest BCUT2D eigenvalue weighted by Gasteiger charge is -2.04. The third-order valence-electron chi connectivity index (χ3n) is 3.16. The third-order valence-corrected chi connectivity index (χ3v) is 3.39. The molecule has 0 amide bonds. The van der Waals surface area contributed by atoms with Gasteiger partial charge in [0, 0.05) is 17.9 Å². The summed E-state index contributed by atoms with van der Waals surface area (Å²) in [5, 5.41) is 0.658. The van der Waals surface area contributed by atoms with Crippen LogP contribution in [-0.2, 0) is 11.2 Å². The van der Waals surface area contributed by atoms with Crippen molar-refractivity contribution in [3.63, 3.8) is 0 Å². The molecular weight excluding hydrogens is 258 g/mol. The predicted molar refractivity (Wildman–Crippen MR) is 77.4 cm³/mol. The minimum Gasteiger partial charge on any atom is -0.299 e. The molecule has 0 aliphatic carbocycles. The Morgan fingerprint density at radius 2 is 1.84 bits per heavy atom. The van der Waals surface area contributed by atoms with Gasteiger partial charge in [0.2, 0.25) is 0 Å². The molecular formula is C16H12ClNO. The van der Waals surface area contributed by atoms with E-state index in [1.165, 1.54) is 0 Å². The first-order valence-corrected chi connectivity index (χ1v) is 6.53. The summed E-state index contributed by atoms with van der Waals surface area (Å²) in [6.07, 6.45) is 0.804. The van der Waals surface area contributed by atoms with Gasteiger partial charge in [-0.1, -0.05) is 41.9 Å². The molecule has 0 N–H and O–H groups in total. The van der Waals surface area contributed by atoms with Crippen LogP contribution in [0.15, 0.2) is 53.5 Å². The number of nitrogens with zero attached hydrogens (tertiary/aromatic N) is 1. The van der Waals surface area contributed by atoms with E-state index in [-0.39, 0.29) is 5.78 Å². The summed E-state index contributed by atoms with van der Waals surface area (Å²) in [6.45, 7) is 0. The summed E-state index contributed by atoms with van der Waals surface area (Å²) in [5.41, 5.74) is 3.57. The van der Waals surface area contributed by atoms with E-state index >= 15 is 0 Å². The summed E-state index contributed by atoms with van der Waals surface area (Å²) in [7, 11) is 0. The van der Waals surface area contributed by atoms with Gasteiger partial charge in [-0.2, -0.15) is 0 Å². The van der Waals surface area contributed by atoms with Gasteiger partial charge in [-0.05, 0) is 29.3 Å². The highest BCUT2D eigenvalue weighted by molar-refractivity contribution is 6.31. The Labute approximate surface area is 116 Å². The van der Waals surface area contributed by atoms with E-state index in [4.69, 9.17) is 11.6 Å². The second kappa shape index (κ2) is 4.98. The molecule has 19 heavy (non-hydrogen) atoms. The number of hydrogen-bond acceptors (Lipinski definition) is 2. The van der Waals surface area contributed by atoms with Gasteiger partial charge < -0.3 is 0 Å². The van der Waals surface area contributed by atoms with Crippen LogP contribution in [0.4, 0.5) is 5.69 Å². The molecule has 1 aliphatic heterocycles. The summed E-state index contributed by atoms with van der Waals surface area (Å²) in [5.74, 6) is 0.184. The van der Waals surface area contributed by atoms with Gasteiger partial charge >= 0.3 is 0 Å². The summed E-state index contributed by atoms with van der Waals surface area (Å²) in [4.78, 5) is 16.6. The number of Topliss-reactive ketones (excluding diaryl/α,β-unsaturated/α-hetero) is 1. The van der Waals surface area contributed by atoms with Crippen LogP contribution >= 0.6 is 11.6 Å². The van der Waals surface area contributed by atoms with Gasteiger partial charge in [0.1, 0.15) is 5.78 Å². The molecule has 3 rings (SSSR count). The highest BCUT2D eigenvalue weighted by Crippen LogP contribution is 2.26. The van der Waals surface area contributed by atoms with Crippen molar-refractivity contribution in [2.24, 2.45) is 4.99 Å². The highest BCUT2D eigenvalue weighted by Gasteiger charge is 2.17. The molecule has 1 aliphatic rings. The van der Waals surface area contributed by atoms with Crippen LogP contribution in [-0.4, -0.2) is 11.5 Å². The predicted octanol–water partition coefficient (Wildman–Crippen LogP) is 3.98. The van der Waals surface area contributed by atoms with Crippen molar-refractivity contribution in [1.29, 1.82) is 0 Å². The lowest BCUT2D eigenvalue weighted by molar-refractivity contribution is -0.117. The molecule has 2 nitrogen and oxygen atoms in total. The highest BCUT2D eigenvalue weighted by atomic mass is 35.5. The molecule has 0 atom stereocenters. The minimum atomic E-state index is 0.184. The number of carbonyl (C=O) groups is 1. The first kappa shape index (κ1) is 12.1. The number of benzene rings is 2. The van der Waals surface area contributed by atoms with Crippen molar-refractivity contribution < 1.29 is 4.79 Å². The van der Waals surface area contributed by atoms with Gasteiger partial charge in [-0.25, -0.2) is 0 Å². The van der Waals surface area contributed by atoms with Crippen LogP contribution in [0.5, 0.6) is 0 Å². The lowest BCUT2D eigenvalue weighted by Crippen LogP contribution is -2.08. The Morgan fingerprint density at radius 3 is 2.68 bits per heavy atom. The molecule has 2 aromatic rings. The smallest absolute Gasteiger partial charge is 0.143 e. The normalized spacial score (nSPS) is 14.6.